The number of carbonyl (C=O) groups excluding carboxylic acids is 10. The Morgan fingerprint density at radius 3 is 1.08 bits per heavy atom. The van der Waals surface area contributed by atoms with E-state index in [1.165, 1.54) is 24.3 Å². The predicted octanol–water partition coefficient (Wildman–Crippen LogP) is 11.4. The van der Waals surface area contributed by atoms with Gasteiger partial charge in [0.05, 0.1) is 90.4 Å². The maximum Gasteiger partial charge on any atom is 0.335 e. The van der Waals surface area contributed by atoms with Crippen LogP contribution in [-0.4, -0.2) is 266 Å². The minimum absolute atomic E-state index is 0. The molecule has 0 spiro atoms. The van der Waals surface area contributed by atoms with Gasteiger partial charge >= 0.3 is 23.9 Å². The highest BCUT2D eigenvalue weighted by Gasteiger charge is 2.23. The Bertz CT molecular complexity index is 3370. The van der Waals surface area contributed by atoms with Crippen LogP contribution in [0.4, 0.5) is 0 Å². The van der Waals surface area contributed by atoms with Crippen LogP contribution in [0.15, 0.2) is 48.5 Å². The third-order valence-electron chi connectivity index (χ3n) is 20.2. The molecule has 10 N–H and O–H groups in total. The zero-order chi connectivity index (χ0) is 94.5. The first-order valence-electron chi connectivity index (χ1n) is 45.4. The number of aromatic carboxylic acids is 2. The van der Waals surface area contributed by atoms with Gasteiger partial charge in [0.1, 0.15) is 73.1 Å². The molecule has 1 unspecified atom stereocenters. The third kappa shape index (κ3) is 73.8. The highest BCUT2D eigenvalue weighted by Crippen LogP contribution is 2.19. The molecule has 2 aromatic carbocycles. The lowest BCUT2D eigenvalue weighted by Crippen LogP contribution is -2.43. The van der Waals surface area contributed by atoms with Gasteiger partial charge in [0.2, 0.25) is 29.5 Å². The maximum atomic E-state index is 12.3. The molecular formula is C93H157N6O28-. The first-order chi connectivity index (χ1) is 60.7. The fourth-order valence-electron chi connectivity index (χ4n) is 11.6. The number of carboxylic acid groups (broad SMARTS) is 4. The molecule has 0 aromatic heterocycles. The van der Waals surface area contributed by atoms with Gasteiger partial charge in [-0.05, 0) is 153 Å². The number of aliphatic carboxylic acids is 2. The Kier molecular flexibility index (Phi) is 72.9. The number of hydrogen-bond acceptors (Lipinski definition) is 25. The molecule has 0 heterocycles. The van der Waals surface area contributed by atoms with Crippen LogP contribution in [0.3, 0.4) is 0 Å². The zero-order valence-corrected chi connectivity index (χ0v) is 77.4. The van der Waals surface area contributed by atoms with E-state index in [0.717, 1.165) is 128 Å². The minimum Gasteiger partial charge on any atom is -1.00 e. The molecular weight excluding hydrogens is 1650 g/mol. The van der Waals surface area contributed by atoms with Crippen LogP contribution >= 0.6 is 0 Å². The highest BCUT2D eigenvalue weighted by atomic mass is 16.5. The normalized spacial score (nSPS) is 12.3. The van der Waals surface area contributed by atoms with Gasteiger partial charge in [-0.2, -0.15) is 0 Å². The average Bonchev–Trinajstić information content (AvgIpc) is 0.904. The Hall–Kier alpha value is -8.74. The van der Waals surface area contributed by atoms with Gasteiger partial charge in [0, 0.05) is 96.2 Å². The molecule has 0 fully saturated rings. The van der Waals surface area contributed by atoms with Crippen molar-refractivity contribution in [1.82, 2.24) is 31.9 Å². The average molecular weight is 1810 g/mol. The van der Waals surface area contributed by atoms with Crippen molar-refractivity contribution in [1.29, 1.82) is 0 Å². The highest BCUT2D eigenvalue weighted by molar-refractivity contribution is 5.89. The molecule has 2 aromatic rings. The first kappa shape index (κ1) is 118. The van der Waals surface area contributed by atoms with E-state index in [2.05, 4.69) is 31.9 Å². The van der Waals surface area contributed by atoms with E-state index in [0.29, 0.717) is 83.3 Å². The van der Waals surface area contributed by atoms with Crippen molar-refractivity contribution >= 4 is 82.3 Å². The van der Waals surface area contributed by atoms with Gasteiger partial charge in [-0.15, -0.1) is 0 Å². The standard InChI is InChI=1S/C44H73N3O13.C43H69N3O14.C6H12O.H2.H/c1-34(36(3)48)14-10-11-23-45-42(51)33-59-31-28-56-25-13-16-38(49)32-58-30-29-57-27-24-46-41(50)22-21-40(44(54)55)47-35(2)15-9-7-5-4-6-8-12-26-60-39-19-17-37(18-20-39)43(52)53;1-33(34(2)47)13-9-10-22-44-40(50)31-59-30-28-57-26-23-45-41(51)32-58-29-27-56-24-12-14-36(48)18-21-38(43(54)55)46-39(49)15-8-6-4-3-5-7-11-25-60-37-19-16-35(17-20-37)42(52)53;1-5(7)6(2,3)4;;/h17-20,34-35,40,47H,4-16,21-33H2,1-3H3,(H,45,51)(H,46,50)(H,52,53)(H,54,55);16-17,19-20,33,38H,3-15,18,21-32H2,1-2H3,(H,44,50)(H,45,51)(H,46,49)(H,52,53)(H,54,55);1-4H3;1H;/q;;;;-1/t34-,35?,40-;33-,38-;;;/m00.../s1. The molecule has 127 heavy (non-hydrogen) atoms. The van der Waals surface area contributed by atoms with Crippen molar-refractivity contribution in [3.63, 3.8) is 0 Å². The van der Waals surface area contributed by atoms with E-state index in [4.69, 9.17) is 57.6 Å². The molecule has 0 aliphatic rings. The smallest absolute Gasteiger partial charge is 0.335 e. The van der Waals surface area contributed by atoms with Gasteiger partial charge in [-0.1, -0.05) is 118 Å². The van der Waals surface area contributed by atoms with Gasteiger partial charge < -0.3 is 101 Å². The predicted molar refractivity (Wildman–Crippen MR) is 482 cm³/mol. The quantitative estimate of drug-likeness (QED) is 0.0275. The first-order valence-corrected chi connectivity index (χ1v) is 45.4. The Labute approximate surface area is 755 Å². The minimum atomic E-state index is -1.18. The number of ketones is 5. The van der Waals surface area contributed by atoms with Crippen molar-refractivity contribution in [2.24, 2.45) is 17.3 Å². The molecule has 34 nitrogen and oxygen atoms in total. The number of hydrogen-bond donors (Lipinski definition) is 10. The molecule has 0 bridgehead atoms. The summed E-state index contributed by atoms with van der Waals surface area (Å²) in [5, 5.41) is 53.7. The summed E-state index contributed by atoms with van der Waals surface area (Å²) in [6.45, 7) is 22.1. The van der Waals surface area contributed by atoms with Crippen LogP contribution in [0, 0.1) is 17.3 Å². The number of carbonyl (C=O) groups is 14. The Morgan fingerprint density at radius 2 is 0.677 bits per heavy atom. The van der Waals surface area contributed by atoms with E-state index < -0.39 is 36.0 Å². The second kappa shape index (κ2) is 78.3. The van der Waals surface area contributed by atoms with Crippen molar-refractivity contribution in [2.75, 3.05) is 145 Å². The lowest BCUT2D eigenvalue weighted by molar-refractivity contribution is -0.142. The number of rotatable bonds is 81. The van der Waals surface area contributed by atoms with Crippen LogP contribution in [0.5, 0.6) is 11.5 Å². The fraction of sp³-hybridized carbons (Fsp3) is 0.720. The van der Waals surface area contributed by atoms with Gasteiger partial charge in [0.25, 0.3) is 0 Å². The van der Waals surface area contributed by atoms with E-state index in [1.807, 2.05) is 41.5 Å². The molecule has 5 amide bonds. The lowest BCUT2D eigenvalue weighted by Gasteiger charge is -2.20. The summed E-state index contributed by atoms with van der Waals surface area (Å²) in [7, 11) is 0. The molecule has 728 valence electrons. The van der Waals surface area contributed by atoms with E-state index >= 15 is 0 Å². The zero-order valence-electron chi connectivity index (χ0n) is 78.4. The number of unbranched alkanes of at least 4 members (excludes halogenated alkanes) is 14. The number of nitrogens with one attached hydrogen (secondary N) is 6. The SMILES string of the molecule is CC(=O)C(C)(C)C.CC(=O)[C@@H](C)CCCCNC(=O)COCCOCCCC(=O)COCCOCCNC(=O)CC[C@H](NC(C)CCCCCCCCCOc1ccc(C(=O)O)cc1)C(=O)O.CC(=O)[C@@H](C)CCCCNC(=O)COCCOCCNC(=O)COCCOCCCC(=O)CC[C@H](NC(=O)CCCCCCCCCOc1ccc(C(=O)O)cc1)C(=O)O.[H-].[HH]. The molecule has 0 aliphatic carbocycles. The largest absolute Gasteiger partial charge is 1.00 e. The van der Waals surface area contributed by atoms with Crippen molar-refractivity contribution in [3.05, 3.63) is 59.7 Å². The number of carboxylic acids is 4. The summed E-state index contributed by atoms with van der Waals surface area (Å²) in [6, 6.07) is 10.8. The van der Waals surface area contributed by atoms with E-state index in [-0.39, 0.29) is 233 Å². The van der Waals surface area contributed by atoms with Crippen LogP contribution < -0.4 is 41.4 Å². The van der Waals surface area contributed by atoms with Crippen LogP contribution in [0.1, 0.15) is 279 Å². The van der Waals surface area contributed by atoms with Gasteiger partial charge in [-0.3, -0.25) is 52.7 Å². The van der Waals surface area contributed by atoms with Gasteiger partial charge in [0.15, 0.2) is 5.78 Å². The molecule has 2 rings (SSSR count). The number of benzene rings is 2. The monoisotopic (exact) mass is 1810 g/mol. The Balaban J connectivity index is -0.00000225. The molecule has 0 saturated heterocycles. The number of ether oxygens (including phenoxy) is 10. The summed E-state index contributed by atoms with van der Waals surface area (Å²) < 4.78 is 54.3. The van der Waals surface area contributed by atoms with Crippen LogP contribution in [-0.2, 0) is 95.4 Å². The number of Topliss-reactive ketones (excluding diaryl/α,β-unsaturated/α-hetero) is 5. The van der Waals surface area contributed by atoms with Crippen LogP contribution in [0.2, 0.25) is 0 Å². The van der Waals surface area contributed by atoms with Crippen molar-refractivity contribution < 1.29 is 138 Å². The summed E-state index contributed by atoms with van der Waals surface area (Å²) in [5.41, 5.74) is 0.315. The molecule has 34 heteroatoms. The van der Waals surface area contributed by atoms with Crippen molar-refractivity contribution in [2.45, 2.75) is 273 Å². The number of amides is 5. The van der Waals surface area contributed by atoms with Crippen LogP contribution in [0.25, 0.3) is 0 Å². The summed E-state index contributed by atoms with van der Waals surface area (Å²) in [6.07, 6.45) is 21.7. The summed E-state index contributed by atoms with van der Waals surface area (Å²) in [4.78, 5) is 163. The second-order valence-electron chi connectivity index (χ2n) is 32.5. The molecule has 5 atom stereocenters. The molecule has 0 aliphatic heterocycles. The summed E-state index contributed by atoms with van der Waals surface area (Å²) >= 11 is 0. The third-order valence-corrected chi connectivity index (χ3v) is 20.2. The lowest BCUT2D eigenvalue weighted by atomic mass is 9.92. The topological polar surface area (TPSA) is 484 Å². The fourth-order valence-corrected chi connectivity index (χ4v) is 11.6. The van der Waals surface area contributed by atoms with E-state index in [9.17, 15) is 77.3 Å². The second-order valence-corrected chi connectivity index (χ2v) is 32.5. The van der Waals surface area contributed by atoms with Gasteiger partial charge in [-0.25, -0.2) is 14.4 Å². The van der Waals surface area contributed by atoms with E-state index in [1.54, 1.807) is 45.0 Å². The summed E-state index contributed by atoms with van der Waals surface area (Å²) in [5.74, 6) is -3.54. The Morgan fingerprint density at radius 1 is 0.331 bits per heavy atom. The maximum absolute atomic E-state index is 12.3. The molecule has 0 radical (unpaired) electrons. The van der Waals surface area contributed by atoms with Crippen molar-refractivity contribution in [3.8, 4) is 11.5 Å². The molecule has 0 saturated carbocycles.